The number of hydrogen-bond donors (Lipinski definition) is 2. The first-order chi connectivity index (χ1) is 8.43. The van der Waals surface area contributed by atoms with Crippen LogP contribution in [-0.2, 0) is 16.1 Å². The molecule has 1 heterocycles. The second-order valence-corrected chi connectivity index (χ2v) is 4.06. The molecule has 9 heteroatoms. The van der Waals surface area contributed by atoms with Crippen LogP contribution in [0.5, 0.6) is 0 Å². The molecule has 0 atom stereocenters. The Labute approximate surface area is 101 Å². The second-order valence-electron chi connectivity index (χ2n) is 4.06. The maximum absolute atomic E-state index is 11.5. The van der Waals surface area contributed by atoms with Crippen LogP contribution in [0, 0.1) is 10.1 Å². The van der Waals surface area contributed by atoms with Crippen molar-refractivity contribution >= 4 is 17.7 Å². The predicted octanol–water partition coefficient (Wildman–Crippen LogP) is -0.475. The molecule has 1 aliphatic rings. The summed E-state index contributed by atoms with van der Waals surface area (Å²) in [5.41, 5.74) is -1.16. The Balaban J connectivity index is 1.95. The second kappa shape index (κ2) is 4.09. The number of aliphatic carboxylic acids is 1. The molecule has 0 spiro atoms. The first-order valence-corrected chi connectivity index (χ1v) is 5.15. The van der Waals surface area contributed by atoms with Crippen LogP contribution in [0.1, 0.15) is 12.8 Å². The fraction of sp³-hybridized carbons (Fsp3) is 0.444. The maximum Gasteiger partial charge on any atom is 0.389 e. The number of rotatable bonds is 5. The van der Waals surface area contributed by atoms with Gasteiger partial charge in [-0.05, 0) is 17.8 Å². The van der Waals surface area contributed by atoms with Crippen LogP contribution >= 0.6 is 0 Å². The highest BCUT2D eigenvalue weighted by atomic mass is 16.6. The number of nitro groups is 1. The van der Waals surface area contributed by atoms with Crippen LogP contribution in [0.4, 0.5) is 5.82 Å². The smallest absolute Gasteiger partial charge is 0.389 e. The SMILES string of the molecule is O=C(Cn1ccc([N+](=O)[O-])n1)NC1(C(=O)O)CC1. The minimum atomic E-state index is -1.16. The van der Waals surface area contributed by atoms with Gasteiger partial charge in [-0.2, -0.15) is 4.68 Å². The average molecular weight is 254 g/mol. The van der Waals surface area contributed by atoms with Crippen LogP contribution in [0.2, 0.25) is 0 Å². The van der Waals surface area contributed by atoms with Crippen molar-refractivity contribution < 1.29 is 19.6 Å². The lowest BCUT2D eigenvalue weighted by Crippen LogP contribution is -2.44. The lowest BCUT2D eigenvalue weighted by Gasteiger charge is -2.11. The molecule has 9 nitrogen and oxygen atoms in total. The topological polar surface area (TPSA) is 127 Å². The molecule has 1 aliphatic carbocycles. The van der Waals surface area contributed by atoms with E-state index in [4.69, 9.17) is 5.11 Å². The van der Waals surface area contributed by atoms with Crippen LogP contribution in [0.15, 0.2) is 12.3 Å². The number of aromatic nitrogens is 2. The molecule has 1 fully saturated rings. The Hall–Kier alpha value is -2.45. The van der Waals surface area contributed by atoms with Gasteiger partial charge in [0, 0.05) is 0 Å². The monoisotopic (exact) mass is 254 g/mol. The van der Waals surface area contributed by atoms with Crippen molar-refractivity contribution in [3.63, 3.8) is 0 Å². The lowest BCUT2D eigenvalue weighted by molar-refractivity contribution is -0.389. The molecule has 96 valence electrons. The maximum atomic E-state index is 11.5. The lowest BCUT2D eigenvalue weighted by atomic mass is 10.3. The molecule has 1 aromatic rings. The fourth-order valence-electron chi connectivity index (χ4n) is 1.51. The highest BCUT2D eigenvalue weighted by Crippen LogP contribution is 2.35. The van der Waals surface area contributed by atoms with Crippen molar-refractivity contribution in [1.29, 1.82) is 0 Å². The molecule has 0 unspecified atom stereocenters. The Morgan fingerprint density at radius 3 is 2.72 bits per heavy atom. The Bertz CT molecular complexity index is 519. The van der Waals surface area contributed by atoms with Gasteiger partial charge in [-0.15, -0.1) is 0 Å². The standard InChI is InChI=1S/C9H10N4O5/c14-7(10-9(2-3-9)8(15)16)5-12-4-1-6(11-12)13(17)18/h1,4H,2-3,5H2,(H,10,14)(H,15,16). The van der Waals surface area contributed by atoms with E-state index >= 15 is 0 Å². The zero-order chi connectivity index (χ0) is 13.3. The zero-order valence-electron chi connectivity index (χ0n) is 9.20. The van der Waals surface area contributed by atoms with Gasteiger partial charge in [-0.3, -0.25) is 4.79 Å². The van der Waals surface area contributed by atoms with Crippen molar-refractivity contribution in [3.8, 4) is 0 Å². The van der Waals surface area contributed by atoms with E-state index in [9.17, 15) is 19.7 Å². The quantitative estimate of drug-likeness (QED) is 0.539. The van der Waals surface area contributed by atoms with Gasteiger partial charge in [-0.25, -0.2) is 4.79 Å². The van der Waals surface area contributed by atoms with Gasteiger partial charge in [0.1, 0.15) is 12.1 Å². The first-order valence-electron chi connectivity index (χ1n) is 5.15. The van der Waals surface area contributed by atoms with Crippen LogP contribution in [-0.4, -0.2) is 37.2 Å². The molecule has 18 heavy (non-hydrogen) atoms. The average Bonchev–Trinajstić information content (AvgIpc) is 2.89. The van der Waals surface area contributed by atoms with E-state index in [1.54, 1.807) is 0 Å². The summed E-state index contributed by atoms with van der Waals surface area (Å²) in [4.78, 5) is 32.1. The first kappa shape index (κ1) is 12.0. The van der Waals surface area contributed by atoms with Crippen molar-refractivity contribution in [3.05, 3.63) is 22.4 Å². The van der Waals surface area contributed by atoms with E-state index in [1.807, 2.05) is 0 Å². The highest BCUT2D eigenvalue weighted by molar-refractivity contribution is 5.89. The number of nitrogens with one attached hydrogen (secondary N) is 1. The van der Waals surface area contributed by atoms with Crippen molar-refractivity contribution in [2.75, 3.05) is 0 Å². The Kier molecular flexibility index (Phi) is 2.73. The summed E-state index contributed by atoms with van der Waals surface area (Å²) < 4.78 is 1.09. The number of amides is 1. The van der Waals surface area contributed by atoms with E-state index < -0.39 is 22.3 Å². The summed E-state index contributed by atoms with van der Waals surface area (Å²) in [7, 11) is 0. The Morgan fingerprint density at radius 1 is 1.61 bits per heavy atom. The minimum Gasteiger partial charge on any atom is -0.480 e. The third-order valence-corrected chi connectivity index (χ3v) is 2.66. The van der Waals surface area contributed by atoms with E-state index in [1.165, 1.54) is 6.20 Å². The molecule has 0 aromatic carbocycles. The van der Waals surface area contributed by atoms with Gasteiger partial charge in [0.15, 0.2) is 0 Å². The molecule has 0 radical (unpaired) electrons. The normalized spacial score (nSPS) is 16.0. The molecular weight excluding hydrogens is 244 g/mol. The van der Waals surface area contributed by atoms with Crippen molar-refractivity contribution in [2.45, 2.75) is 24.9 Å². The number of carboxylic acid groups (broad SMARTS) is 1. The van der Waals surface area contributed by atoms with Crippen molar-refractivity contribution in [2.24, 2.45) is 0 Å². The molecule has 0 aliphatic heterocycles. The van der Waals surface area contributed by atoms with Crippen molar-refractivity contribution in [1.82, 2.24) is 15.1 Å². The molecule has 2 N–H and O–H groups in total. The Morgan fingerprint density at radius 2 is 2.28 bits per heavy atom. The molecule has 1 amide bonds. The number of hydrogen-bond acceptors (Lipinski definition) is 5. The molecule has 0 saturated heterocycles. The third-order valence-electron chi connectivity index (χ3n) is 2.66. The summed E-state index contributed by atoms with van der Waals surface area (Å²) >= 11 is 0. The van der Waals surface area contributed by atoms with Crippen LogP contribution in [0.3, 0.4) is 0 Å². The van der Waals surface area contributed by atoms with Gasteiger partial charge < -0.3 is 20.5 Å². The zero-order valence-corrected chi connectivity index (χ0v) is 9.20. The number of carbonyl (C=O) groups is 2. The third kappa shape index (κ3) is 2.29. The van der Waals surface area contributed by atoms with Gasteiger partial charge in [-0.1, -0.05) is 0 Å². The van der Waals surface area contributed by atoms with Gasteiger partial charge in [0.2, 0.25) is 5.91 Å². The van der Waals surface area contributed by atoms with E-state index in [-0.39, 0.29) is 12.4 Å². The van der Waals surface area contributed by atoms with Gasteiger partial charge >= 0.3 is 11.8 Å². The van der Waals surface area contributed by atoms with E-state index in [0.29, 0.717) is 12.8 Å². The molecule has 0 bridgehead atoms. The largest absolute Gasteiger partial charge is 0.480 e. The molecular formula is C9H10N4O5. The van der Waals surface area contributed by atoms with Gasteiger partial charge in [0.25, 0.3) is 0 Å². The fourth-order valence-corrected chi connectivity index (χ4v) is 1.51. The summed E-state index contributed by atoms with van der Waals surface area (Å²) in [5, 5.41) is 25.2. The number of nitrogens with zero attached hydrogens (tertiary/aromatic N) is 3. The van der Waals surface area contributed by atoms with Gasteiger partial charge in [0.05, 0.1) is 17.4 Å². The summed E-state index contributed by atoms with van der Waals surface area (Å²) in [6.45, 7) is -0.247. The summed E-state index contributed by atoms with van der Waals surface area (Å²) in [6, 6.07) is 1.16. The summed E-state index contributed by atoms with van der Waals surface area (Å²) in [5.74, 6) is -1.96. The molecule has 1 saturated carbocycles. The highest BCUT2D eigenvalue weighted by Gasteiger charge is 2.51. The number of carbonyl (C=O) groups excluding carboxylic acids is 1. The van der Waals surface area contributed by atoms with E-state index in [0.717, 1.165) is 10.7 Å². The minimum absolute atomic E-state index is 0.247. The van der Waals surface area contributed by atoms with Crippen LogP contribution in [0.25, 0.3) is 0 Å². The summed E-state index contributed by atoms with van der Waals surface area (Å²) in [6.07, 6.45) is 2.08. The van der Waals surface area contributed by atoms with Crippen LogP contribution < -0.4 is 5.32 Å². The van der Waals surface area contributed by atoms with E-state index in [2.05, 4.69) is 10.4 Å². The molecule has 2 rings (SSSR count). The molecule has 1 aromatic heterocycles. The number of carboxylic acids is 1. The predicted molar refractivity (Wildman–Crippen MR) is 56.6 cm³/mol.